The van der Waals surface area contributed by atoms with Crippen LogP contribution >= 0.6 is 11.6 Å². The number of benzene rings is 2. The summed E-state index contributed by atoms with van der Waals surface area (Å²) in [4.78, 5) is 12.9. The third kappa shape index (κ3) is 5.39. The molecule has 2 rings (SSSR count). The van der Waals surface area contributed by atoms with Crippen molar-refractivity contribution in [2.24, 2.45) is 0 Å². The summed E-state index contributed by atoms with van der Waals surface area (Å²) in [6.07, 6.45) is 1.40. The molecule has 152 valence electrons. The Morgan fingerprint density at radius 2 is 1.86 bits per heavy atom. The van der Waals surface area contributed by atoms with Gasteiger partial charge in [0.15, 0.2) is 0 Å². The molecule has 28 heavy (non-hydrogen) atoms. The molecule has 8 heteroatoms. The number of carbonyl (C=O) groups excluding carboxylic acids is 1. The standard InChI is InChI=1S/C20H25ClN2O4S/c1-5-18(20(24)22-13-15-7-10-17(27-3)11-8-15)23(28(4,25)26)19-12-16(21)9-6-14(19)2/h6-12,18H,5,13H2,1-4H3,(H,22,24)/t18-/m0/s1. The van der Waals surface area contributed by atoms with Crippen LogP contribution in [0.5, 0.6) is 5.75 Å². The van der Waals surface area contributed by atoms with Gasteiger partial charge >= 0.3 is 0 Å². The van der Waals surface area contributed by atoms with Crippen LogP contribution in [0.4, 0.5) is 5.69 Å². The van der Waals surface area contributed by atoms with E-state index in [2.05, 4.69) is 5.32 Å². The molecular formula is C20H25ClN2O4S. The van der Waals surface area contributed by atoms with Crippen LogP contribution in [0.3, 0.4) is 0 Å². The Morgan fingerprint density at radius 3 is 2.39 bits per heavy atom. The summed E-state index contributed by atoms with van der Waals surface area (Å²) < 4.78 is 31.3. The predicted octanol–water partition coefficient (Wildman–Crippen LogP) is 3.52. The molecule has 0 bridgehead atoms. The van der Waals surface area contributed by atoms with Crippen LogP contribution in [-0.2, 0) is 21.4 Å². The number of sulfonamides is 1. The van der Waals surface area contributed by atoms with Gasteiger partial charge in [0.25, 0.3) is 0 Å². The number of rotatable bonds is 8. The minimum atomic E-state index is -3.71. The van der Waals surface area contributed by atoms with Crippen molar-refractivity contribution < 1.29 is 17.9 Å². The van der Waals surface area contributed by atoms with Gasteiger partial charge in [-0.15, -0.1) is 0 Å². The normalized spacial score (nSPS) is 12.3. The smallest absolute Gasteiger partial charge is 0.244 e. The predicted molar refractivity (Wildman–Crippen MR) is 112 cm³/mol. The van der Waals surface area contributed by atoms with Gasteiger partial charge in [0.2, 0.25) is 15.9 Å². The summed E-state index contributed by atoms with van der Waals surface area (Å²) in [6, 6.07) is 11.4. The molecule has 0 heterocycles. The molecule has 1 N–H and O–H groups in total. The van der Waals surface area contributed by atoms with Crippen molar-refractivity contribution >= 4 is 33.2 Å². The second-order valence-electron chi connectivity index (χ2n) is 6.48. The molecule has 0 radical (unpaired) electrons. The fourth-order valence-electron chi connectivity index (χ4n) is 2.91. The van der Waals surface area contributed by atoms with E-state index in [9.17, 15) is 13.2 Å². The van der Waals surface area contributed by atoms with Gasteiger partial charge in [-0.25, -0.2) is 8.42 Å². The fraction of sp³-hybridized carbons (Fsp3) is 0.350. The Hall–Kier alpha value is -2.25. The van der Waals surface area contributed by atoms with Crippen molar-refractivity contribution in [1.82, 2.24) is 5.32 Å². The second-order valence-corrected chi connectivity index (χ2v) is 8.78. The molecule has 0 unspecified atom stereocenters. The lowest BCUT2D eigenvalue weighted by Crippen LogP contribution is -2.49. The average Bonchev–Trinajstić information content (AvgIpc) is 2.65. The summed E-state index contributed by atoms with van der Waals surface area (Å²) in [5.74, 6) is 0.351. The Morgan fingerprint density at radius 1 is 1.21 bits per heavy atom. The van der Waals surface area contributed by atoms with Crippen molar-refractivity contribution in [3.63, 3.8) is 0 Å². The third-order valence-electron chi connectivity index (χ3n) is 4.36. The highest BCUT2D eigenvalue weighted by Gasteiger charge is 2.32. The molecule has 2 aromatic carbocycles. The number of hydrogen-bond acceptors (Lipinski definition) is 4. The van der Waals surface area contributed by atoms with Gasteiger partial charge in [-0.1, -0.05) is 36.7 Å². The average molecular weight is 425 g/mol. The number of nitrogens with one attached hydrogen (secondary N) is 1. The van der Waals surface area contributed by atoms with Gasteiger partial charge in [0.05, 0.1) is 19.1 Å². The lowest BCUT2D eigenvalue weighted by atomic mass is 10.1. The maximum absolute atomic E-state index is 12.9. The Balaban J connectivity index is 2.27. The highest BCUT2D eigenvalue weighted by atomic mass is 35.5. The maximum Gasteiger partial charge on any atom is 0.244 e. The first kappa shape index (κ1) is 22.0. The zero-order valence-corrected chi connectivity index (χ0v) is 18.0. The number of methoxy groups -OCH3 is 1. The van der Waals surface area contributed by atoms with Crippen LogP contribution in [0.25, 0.3) is 0 Å². The summed E-state index contributed by atoms with van der Waals surface area (Å²) in [5, 5.41) is 3.23. The monoisotopic (exact) mass is 424 g/mol. The summed E-state index contributed by atoms with van der Waals surface area (Å²) in [5.41, 5.74) is 2.01. The SMILES string of the molecule is CC[C@@H](C(=O)NCc1ccc(OC)cc1)N(c1cc(Cl)ccc1C)S(C)(=O)=O. The van der Waals surface area contributed by atoms with E-state index in [1.54, 1.807) is 51.3 Å². The molecule has 0 saturated heterocycles. The lowest BCUT2D eigenvalue weighted by molar-refractivity contribution is -0.122. The van der Waals surface area contributed by atoms with Gasteiger partial charge in [-0.3, -0.25) is 9.10 Å². The number of ether oxygens (including phenoxy) is 1. The number of aryl methyl sites for hydroxylation is 1. The third-order valence-corrected chi connectivity index (χ3v) is 5.77. The maximum atomic E-state index is 12.9. The van der Waals surface area contributed by atoms with E-state index in [1.165, 1.54) is 0 Å². The van der Waals surface area contributed by atoms with Crippen LogP contribution in [-0.4, -0.2) is 33.7 Å². The number of carbonyl (C=O) groups is 1. The van der Waals surface area contributed by atoms with E-state index in [0.717, 1.165) is 27.4 Å². The van der Waals surface area contributed by atoms with E-state index in [0.29, 0.717) is 17.1 Å². The first-order chi connectivity index (χ1) is 13.2. The van der Waals surface area contributed by atoms with Gasteiger partial charge < -0.3 is 10.1 Å². The summed E-state index contributed by atoms with van der Waals surface area (Å²) in [6.45, 7) is 3.84. The number of amides is 1. The number of anilines is 1. The number of halogens is 1. The van der Waals surface area contributed by atoms with Crippen LogP contribution in [0.2, 0.25) is 5.02 Å². The molecule has 0 saturated carbocycles. The number of hydrogen-bond donors (Lipinski definition) is 1. The lowest BCUT2D eigenvalue weighted by Gasteiger charge is -2.31. The first-order valence-electron chi connectivity index (χ1n) is 8.83. The largest absolute Gasteiger partial charge is 0.497 e. The minimum absolute atomic E-state index is 0.283. The van der Waals surface area contributed by atoms with E-state index in [1.807, 2.05) is 12.1 Å². The van der Waals surface area contributed by atoms with Crippen molar-refractivity contribution in [3.05, 3.63) is 58.6 Å². The molecule has 0 aromatic heterocycles. The highest BCUT2D eigenvalue weighted by molar-refractivity contribution is 7.92. The van der Waals surface area contributed by atoms with E-state index in [4.69, 9.17) is 16.3 Å². The number of nitrogens with zero attached hydrogens (tertiary/aromatic N) is 1. The Bertz CT molecular complexity index is 930. The quantitative estimate of drug-likeness (QED) is 0.703. The molecule has 0 aliphatic rings. The van der Waals surface area contributed by atoms with Crippen LogP contribution in [0.15, 0.2) is 42.5 Å². The molecule has 0 aliphatic heterocycles. The van der Waals surface area contributed by atoms with Crippen LogP contribution in [0.1, 0.15) is 24.5 Å². The Labute approximate surface area is 171 Å². The van der Waals surface area contributed by atoms with Gasteiger partial charge in [-0.05, 0) is 48.7 Å². The molecule has 0 aliphatic carbocycles. The Kier molecular flexibility index (Phi) is 7.32. The molecule has 0 spiro atoms. The zero-order valence-electron chi connectivity index (χ0n) is 16.4. The van der Waals surface area contributed by atoms with Gasteiger partial charge in [-0.2, -0.15) is 0 Å². The van der Waals surface area contributed by atoms with Gasteiger partial charge in [0.1, 0.15) is 11.8 Å². The van der Waals surface area contributed by atoms with E-state index >= 15 is 0 Å². The molecule has 2 aromatic rings. The highest BCUT2D eigenvalue weighted by Crippen LogP contribution is 2.29. The zero-order chi connectivity index (χ0) is 20.9. The summed E-state index contributed by atoms with van der Waals surface area (Å²) in [7, 11) is -2.12. The minimum Gasteiger partial charge on any atom is -0.497 e. The van der Waals surface area contributed by atoms with Gasteiger partial charge in [0, 0.05) is 11.6 Å². The molecule has 6 nitrogen and oxygen atoms in total. The van der Waals surface area contributed by atoms with Crippen molar-refractivity contribution in [2.45, 2.75) is 32.9 Å². The van der Waals surface area contributed by atoms with Crippen molar-refractivity contribution in [2.75, 3.05) is 17.7 Å². The van der Waals surface area contributed by atoms with E-state index < -0.39 is 16.1 Å². The molecule has 0 fully saturated rings. The molecule has 1 amide bonds. The topological polar surface area (TPSA) is 75.7 Å². The second kappa shape index (κ2) is 9.30. The molecule has 1 atom stereocenters. The summed E-state index contributed by atoms with van der Waals surface area (Å²) >= 11 is 6.07. The molecular weight excluding hydrogens is 400 g/mol. The van der Waals surface area contributed by atoms with Crippen LogP contribution in [0, 0.1) is 6.92 Å². The van der Waals surface area contributed by atoms with Crippen LogP contribution < -0.4 is 14.4 Å². The van der Waals surface area contributed by atoms with E-state index in [-0.39, 0.29) is 12.5 Å². The van der Waals surface area contributed by atoms with Crippen molar-refractivity contribution in [3.8, 4) is 5.75 Å². The first-order valence-corrected chi connectivity index (χ1v) is 11.1. The fourth-order valence-corrected chi connectivity index (χ4v) is 4.33. The van der Waals surface area contributed by atoms with Crippen molar-refractivity contribution in [1.29, 1.82) is 0 Å².